The zero-order chi connectivity index (χ0) is 15.2. The maximum atomic E-state index is 12.8. The van der Waals surface area contributed by atoms with Gasteiger partial charge in [-0.15, -0.1) is 0 Å². The highest BCUT2D eigenvalue weighted by Crippen LogP contribution is 2.14. The molecule has 0 aliphatic heterocycles. The highest BCUT2D eigenvalue weighted by molar-refractivity contribution is 5.92. The van der Waals surface area contributed by atoms with E-state index < -0.39 is 6.10 Å². The van der Waals surface area contributed by atoms with E-state index in [-0.39, 0.29) is 18.3 Å². The molecule has 0 heterocycles. The number of aryl methyl sites for hydroxylation is 1. The van der Waals surface area contributed by atoms with E-state index in [2.05, 4.69) is 10.3 Å². The second-order valence-corrected chi connectivity index (χ2v) is 4.78. The average Bonchev–Trinajstić information content (AvgIpc) is 2.48. The number of halogens is 1. The molecule has 0 saturated carbocycles. The van der Waals surface area contributed by atoms with Crippen LogP contribution < -0.4 is 11.1 Å². The first-order chi connectivity index (χ1) is 10.0. The summed E-state index contributed by atoms with van der Waals surface area (Å²) in [6, 6.07) is 13.4. The number of aliphatic hydroxyl groups is 1. The Hall–Kier alpha value is -2.40. The number of nitrogens with one attached hydrogen (secondary N) is 1. The summed E-state index contributed by atoms with van der Waals surface area (Å²) in [6.45, 7) is 2.11. The van der Waals surface area contributed by atoms with Gasteiger partial charge in [0.25, 0.3) is 0 Å². The number of guanidine groups is 1. The van der Waals surface area contributed by atoms with Crippen LogP contribution in [0, 0.1) is 12.7 Å². The lowest BCUT2D eigenvalue weighted by Gasteiger charge is -2.10. The second-order valence-electron chi connectivity index (χ2n) is 4.78. The van der Waals surface area contributed by atoms with Crippen LogP contribution in [-0.2, 0) is 0 Å². The number of benzene rings is 2. The summed E-state index contributed by atoms with van der Waals surface area (Å²) in [7, 11) is 0. The topological polar surface area (TPSA) is 70.6 Å². The molecule has 0 aromatic heterocycles. The van der Waals surface area contributed by atoms with E-state index in [1.807, 2.05) is 31.2 Å². The molecular formula is C16H18FN3O. The predicted octanol–water partition coefficient (Wildman–Crippen LogP) is 2.59. The molecule has 0 bridgehead atoms. The van der Waals surface area contributed by atoms with E-state index in [4.69, 9.17) is 5.73 Å². The summed E-state index contributed by atoms with van der Waals surface area (Å²) >= 11 is 0. The van der Waals surface area contributed by atoms with Crippen molar-refractivity contribution in [2.75, 3.05) is 11.9 Å². The van der Waals surface area contributed by atoms with Crippen molar-refractivity contribution in [3.05, 3.63) is 65.5 Å². The Balaban J connectivity index is 1.93. The first kappa shape index (κ1) is 15.0. The van der Waals surface area contributed by atoms with Gasteiger partial charge in [0.2, 0.25) is 0 Å². The molecule has 0 radical (unpaired) electrons. The molecule has 0 aliphatic rings. The Bertz CT molecular complexity index is 608. The van der Waals surface area contributed by atoms with Crippen LogP contribution in [0.5, 0.6) is 0 Å². The van der Waals surface area contributed by atoms with Crippen LogP contribution in [0.3, 0.4) is 0 Å². The number of aliphatic hydroxyl groups excluding tert-OH is 1. The second kappa shape index (κ2) is 6.85. The van der Waals surface area contributed by atoms with Gasteiger partial charge in [-0.05, 0) is 36.8 Å². The molecule has 4 nitrogen and oxygen atoms in total. The molecule has 5 heteroatoms. The quantitative estimate of drug-likeness (QED) is 0.598. The van der Waals surface area contributed by atoms with Crippen molar-refractivity contribution in [1.82, 2.24) is 0 Å². The van der Waals surface area contributed by atoms with Crippen LogP contribution in [0.25, 0.3) is 0 Å². The van der Waals surface area contributed by atoms with Crippen molar-refractivity contribution in [3.8, 4) is 0 Å². The Morgan fingerprint density at radius 2 is 1.81 bits per heavy atom. The smallest absolute Gasteiger partial charge is 0.193 e. The highest BCUT2D eigenvalue weighted by Gasteiger charge is 2.07. The normalized spacial score (nSPS) is 13.0. The number of rotatable bonds is 4. The van der Waals surface area contributed by atoms with Crippen LogP contribution in [0.2, 0.25) is 0 Å². The van der Waals surface area contributed by atoms with Gasteiger partial charge in [-0.2, -0.15) is 0 Å². The molecule has 2 aromatic carbocycles. The fraction of sp³-hybridized carbons (Fsp3) is 0.188. The Kier molecular flexibility index (Phi) is 4.90. The summed E-state index contributed by atoms with van der Waals surface area (Å²) in [5.41, 5.74) is 8.35. The minimum atomic E-state index is -0.816. The molecule has 2 aromatic rings. The molecule has 0 spiro atoms. The fourth-order valence-corrected chi connectivity index (χ4v) is 1.80. The lowest BCUT2D eigenvalue weighted by molar-refractivity contribution is 0.187. The molecule has 2 rings (SSSR count). The van der Waals surface area contributed by atoms with E-state index in [0.717, 1.165) is 11.3 Å². The molecule has 1 unspecified atom stereocenters. The highest BCUT2D eigenvalue weighted by atomic mass is 19.1. The number of aliphatic imine (C=N–C) groups is 1. The minimum absolute atomic E-state index is 0.107. The molecule has 0 saturated heterocycles. The summed E-state index contributed by atoms with van der Waals surface area (Å²) < 4.78 is 12.8. The van der Waals surface area contributed by atoms with Crippen molar-refractivity contribution >= 4 is 11.6 Å². The van der Waals surface area contributed by atoms with Crippen molar-refractivity contribution in [2.45, 2.75) is 13.0 Å². The average molecular weight is 287 g/mol. The lowest BCUT2D eigenvalue weighted by Crippen LogP contribution is -2.23. The fourth-order valence-electron chi connectivity index (χ4n) is 1.80. The first-order valence-electron chi connectivity index (χ1n) is 6.62. The third-order valence-electron chi connectivity index (χ3n) is 3.01. The van der Waals surface area contributed by atoms with Crippen LogP contribution in [0.4, 0.5) is 10.1 Å². The zero-order valence-corrected chi connectivity index (χ0v) is 11.8. The summed E-state index contributed by atoms with van der Waals surface area (Å²) in [6.07, 6.45) is -0.816. The Morgan fingerprint density at radius 3 is 2.43 bits per heavy atom. The molecule has 110 valence electrons. The van der Waals surface area contributed by atoms with Gasteiger partial charge in [-0.25, -0.2) is 4.39 Å². The number of nitrogens with zero attached hydrogens (tertiary/aromatic N) is 1. The van der Waals surface area contributed by atoms with Crippen LogP contribution in [-0.4, -0.2) is 17.6 Å². The molecule has 1 atom stereocenters. The van der Waals surface area contributed by atoms with E-state index in [1.54, 1.807) is 0 Å². The van der Waals surface area contributed by atoms with Gasteiger partial charge >= 0.3 is 0 Å². The van der Waals surface area contributed by atoms with Crippen molar-refractivity contribution < 1.29 is 9.50 Å². The summed E-state index contributed by atoms with van der Waals surface area (Å²) in [5.74, 6) is -0.116. The largest absolute Gasteiger partial charge is 0.386 e. The number of hydrogen-bond donors (Lipinski definition) is 3. The molecule has 4 N–H and O–H groups in total. The lowest BCUT2D eigenvalue weighted by atomic mass is 10.1. The van der Waals surface area contributed by atoms with E-state index in [0.29, 0.717) is 5.56 Å². The van der Waals surface area contributed by atoms with Crippen LogP contribution in [0.1, 0.15) is 17.2 Å². The van der Waals surface area contributed by atoms with Crippen LogP contribution >= 0.6 is 0 Å². The SMILES string of the molecule is Cc1ccc(NC(N)=NCC(O)c2ccc(F)cc2)cc1. The maximum absolute atomic E-state index is 12.8. The van der Waals surface area contributed by atoms with Crippen LogP contribution in [0.15, 0.2) is 53.5 Å². The van der Waals surface area contributed by atoms with E-state index in [1.165, 1.54) is 24.3 Å². The van der Waals surface area contributed by atoms with Crippen molar-refractivity contribution in [1.29, 1.82) is 0 Å². The van der Waals surface area contributed by atoms with Gasteiger partial charge in [-0.3, -0.25) is 4.99 Å². The summed E-state index contributed by atoms with van der Waals surface area (Å²) in [5, 5.41) is 12.9. The maximum Gasteiger partial charge on any atom is 0.193 e. The van der Waals surface area contributed by atoms with Crippen molar-refractivity contribution in [3.63, 3.8) is 0 Å². The number of anilines is 1. The van der Waals surface area contributed by atoms with Gasteiger partial charge in [0.05, 0.1) is 12.6 Å². The number of hydrogen-bond acceptors (Lipinski definition) is 2. The van der Waals surface area contributed by atoms with Gasteiger partial charge in [0.1, 0.15) is 5.82 Å². The Morgan fingerprint density at radius 1 is 1.19 bits per heavy atom. The molecule has 0 fully saturated rings. The standard InChI is InChI=1S/C16H18FN3O/c1-11-2-8-14(9-3-11)20-16(18)19-10-15(21)12-4-6-13(17)7-5-12/h2-9,15,21H,10H2,1H3,(H3,18,19,20). The van der Waals surface area contributed by atoms with Gasteiger partial charge in [0, 0.05) is 5.69 Å². The van der Waals surface area contributed by atoms with Crippen molar-refractivity contribution in [2.24, 2.45) is 10.7 Å². The van der Waals surface area contributed by atoms with E-state index in [9.17, 15) is 9.50 Å². The molecular weight excluding hydrogens is 269 g/mol. The third kappa shape index (κ3) is 4.57. The first-order valence-corrected chi connectivity index (χ1v) is 6.62. The third-order valence-corrected chi connectivity index (χ3v) is 3.01. The van der Waals surface area contributed by atoms with E-state index >= 15 is 0 Å². The molecule has 0 aliphatic carbocycles. The number of nitrogens with two attached hydrogens (primary N) is 1. The van der Waals surface area contributed by atoms with Gasteiger partial charge < -0.3 is 16.2 Å². The Labute approximate surface area is 123 Å². The van der Waals surface area contributed by atoms with Gasteiger partial charge in [-0.1, -0.05) is 29.8 Å². The van der Waals surface area contributed by atoms with Gasteiger partial charge in [0.15, 0.2) is 5.96 Å². The predicted molar refractivity (Wildman–Crippen MR) is 82.7 cm³/mol. The minimum Gasteiger partial charge on any atom is -0.386 e. The molecule has 0 amide bonds. The molecule has 21 heavy (non-hydrogen) atoms. The summed E-state index contributed by atoms with van der Waals surface area (Å²) in [4.78, 5) is 4.08. The zero-order valence-electron chi connectivity index (χ0n) is 11.8. The monoisotopic (exact) mass is 287 g/mol.